The van der Waals surface area contributed by atoms with E-state index in [2.05, 4.69) is 5.32 Å². The zero-order valence-electron chi connectivity index (χ0n) is 13.8. The second-order valence-corrected chi connectivity index (χ2v) is 7.41. The molecule has 0 aromatic heterocycles. The first kappa shape index (κ1) is 21.1. The number of nitrogens with one attached hydrogen (secondary N) is 1. The summed E-state index contributed by atoms with van der Waals surface area (Å²) in [5.74, 6) is -0.185. The molecule has 0 aliphatic carbocycles. The van der Waals surface area contributed by atoms with Crippen LogP contribution in [0.5, 0.6) is 5.75 Å². The summed E-state index contributed by atoms with van der Waals surface area (Å²) >= 11 is 0. The number of nitrogens with zero attached hydrogens (tertiary/aromatic N) is 1. The van der Waals surface area contributed by atoms with Gasteiger partial charge in [0.05, 0.1) is 6.61 Å². The van der Waals surface area contributed by atoms with E-state index in [1.165, 1.54) is 23.5 Å². The summed E-state index contributed by atoms with van der Waals surface area (Å²) in [5, 5.41) is 3.06. The maximum Gasteiger partial charge on any atom is 0.246 e. The molecule has 1 saturated heterocycles. The Balaban J connectivity index is 0.00000288. The Labute approximate surface area is 148 Å². The quantitative estimate of drug-likeness (QED) is 0.690. The van der Waals surface area contributed by atoms with Crippen molar-refractivity contribution < 1.29 is 22.3 Å². The minimum atomic E-state index is -3.78. The molecule has 0 bridgehead atoms. The average Bonchev–Trinajstić information content (AvgIpc) is 2.99. The van der Waals surface area contributed by atoms with Crippen molar-refractivity contribution in [2.24, 2.45) is 5.92 Å². The fraction of sp³-hybridized carbons (Fsp3) is 0.600. The first-order valence-electron chi connectivity index (χ1n) is 7.55. The van der Waals surface area contributed by atoms with Crippen LogP contribution in [0.15, 0.2) is 23.1 Å². The number of halogens is 2. The Hall–Kier alpha value is -0.930. The fourth-order valence-corrected chi connectivity index (χ4v) is 4.32. The van der Waals surface area contributed by atoms with Crippen molar-refractivity contribution in [3.63, 3.8) is 0 Å². The van der Waals surface area contributed by atoms with Gasteiger partial charge in [0.1, 0.15) is 23.1 Å². The van der Waals surface area contributed by atoms with Gasteiger partial charge >= 0.3 is 0 Å². The molecule has 1 unspecified atom stereocenters. The number of hydrogen-bond donors (Lipinski definition) is 1. The molecule has 1 atom stereocenters. The van der Waals surface area contributed by atoms with Gasteiger partial charge in [-0.05, 0) is 44.1 Å². The van der Waals surface area contributed by atoms with Gasteiger partial charge in [-0.3, -0.25) is 0 Å². The van der Waals surface area contributed by atoms with Crippen LogP contribution in [0.1, 0.15) is 6.42 Å². The van der Waals surface area contributed by atoms with E-state index in [0.717, 1.165) is 19.0 Å². The van der Waals surface area contributed by atoms with Gasteiger partial charge in [0.2, 0.25) is 10.0 Å². The van der Waals surface area contributed by atoms with Crippen molar-refractivity contribution in [2.75, 3.05) is 47.0 Å². The van der Waals surface area contributed by atoms with Gasteiger partial charge in [-0.2, -0.15) is 4.31 Å². The van der Waals surface area contributed by atoms with Crippen LogP contribution in [0.2, 0.25) is 0 Å². The van der Waals surface area contributed by atoms with Crippen molar-refractivity contribution >= 4 is 22.4 Å². The Morgan fingerprint density at radius 3 is 2.79 bits per heavy atom. The predicted octanol–water partition coefficient (Wildman–Crippen LogP) is 1.50. The van der Waals surface area contributed by atoms with Crippen LogP contribution < -0.4 is 10.1 Å². The molecule has 1 N–H and O–H groups in total. The predicted molar refractivity (Wildman–Crippen MR) is 91.8 cm³/mol. The van der Waals surface area contributed by atoms with E-state index in [4.69, 9.17) is 9.47 Å². The third-order valence-electron chi connectivity index (χ3n) is 3.81. The lowest BCUT2D eigenvalue weighted by Crippen LogP contribution is -2.31. The van der Waals surface area contributed by atoms with Gasteiger partial charge in [0, 0.05) is 20.2 Å². The summed E-state index contributed by atoms with van der Waals surface area (Å²) in [6, 6.07) is 3.55. The Kier molecular flexibility index (Phi) is 8.38. The SMILES string of the molecule is CNCC1CCN(S(=O)(=O)c2cc(F)ccc2OCCOC)C1.Cl. The average molecular weight is 383 g/mol. The molecular formula is C15H24ClFN2O4S. The van der Waals surface area contributed by atoms with Crippen molar-refractivity contribution in [1.29, 1.82) is 0 Å². The lowest BCUT2D eigenvalue weighted by molar-refractivity contribution is 0.144. The summed E-state index contributed by atoms with van der Waals surface area (Å²) < 4.78 is 50.9. The van der Waals surface area contributed by atoms with E-state index in [0.29, 0.717) is 19.7 Å². The molecule has 6 nitrogen and oxygen atoms in total. The Morgan fingerprint density at radius 2 is 2.12 bits per heavy atom. The van der Waals surface area contributed by atoms with Crippen LogP contribution >= 0.6 is 12.4 Å². The summed E-state index contributed by atoms with van der Waals surface area (Å²) in [4.78, 5) is -0.126. The van der Waals surface area contributed by atoms with Crippen LogP contribution in [-0.4, -0.2) is 59.7 Å². The van der Waals surface area contributed by atoms with Crippen molar-refractivity contribution in [1.82, 2.24) is 9.62 Å². The normalized spacial score (nSPS) is 18.4. The number of ether oxygens (including phenoxy) is 2. The molecule has 1 aromatic carbocycles. The minimum Gasteiger partial charge on any atom is -0.490 e. The van der Waals surface area contributed by atoms with E-state index in [9.17, 15) is 12.8 Å². The number of methoxy groups -OCH3 is 1. The molecule has 24 heavy (non-hydrogen) atoms. The van der Waals surface area contributed by atoms with E-state index < -0.39 is 15.8 Å². The zero-order valence-corrected chi connectivity index (χ0v) is 15.5. The third-order valence-corrected chi connectivity index (χ3v) is 5.70. The van der Waals surface area contributed by atoms with Gasteiger partial charge in [-0.1, -0.05) is 0 Å². The first-order chi connectivity index (χ1) is 11.0. The summed E-state index contributed by atoms with van der Waals surface area (Å²) in [6.45, 7) is 2.14. The highest BCUT2D eigenvalue weighted by Crippen LogP contribution is 2.31. The standard InChI is InChI=1S/C15H23FN2O4S.ClH/c1-17-10-12-5-6-18(11-12)23(19,20)15-9-13(16)3-4-14(15)22-8-7-21-2;/h3-4,9,12,17H,5-8,10-11H2,1-2H3;1H. The highest BCUT2D eigenvalue weighted by Gasteiger charge is 2.34. The van der Waals surface area contributed by atoms with E-state index in [1.54, 1.807) is 0 Å². The summed E-state index contributed by atoms with van der Waals surface area (Å²) in [5.41, 5.74) is 0. The molecule has 9 heteroatoms. The Bertz CT molecular complexity index is 630. The molecule has 1 aromatic rings. The highest BCUT2D eigenvalue weighted by atomic mass is 35.5. The van der Waals surface area contributed by atoms with E-state index >= 15 is 0 Å². The maximum absolute atomic E-state index is 13.6. The molecule has 1 aliphatic rings. The van der Waals surface area contributed by atoms with Gasteiger partial charge in [-0.15, -0.1) is 12.4 Å². The van der Waals surface area contributed by atoms with Crippen LogP contribution in [0.25, 0.3) is 0 Å². The fourth-order valence-electron chi connectivity index (χ4n) is 2.65. The van der Waals surface area contributed by atoms with Crippen LogP contribution in [0.3, 0.4) is 0 Å². The monoisotopic (exact) mass is 382 g/mol. The molecule has 1 fully saturated rings. The molecule has 0 radical (unpaired) electrons. The Morgan fingerprint density at radius 1 is 1.38 bits per heavy atom. The molecule has 0 spiro atoms. The van der Waals surface area contributed by atoms with Gasteiger partial charge in [-0.25, -0.2) is 12.8 Å². The van der Waals surface area contributed by atoms with Crippen LogP contribution in [0, 0.1) is 11.7 Å². The zero-order chi connectivity index (χ0) is 16.9. The van der Waals surface area contributed by atoms with Gasteiger partial charge < -0.3 is 14.8 Å². The number of sulfonamides is 1. The second kappa shape index (κ2) is 9.53. The van der Waals surface area contributed by atoms with Gasteiger partial charge in [0.25, 0.3) is 0 Å². The van der Waals surface area contributed by atoms with E-state index in [1.807, 2.05) is 7.05 Å². The molecule has 1 heterocycles. The molecule has 0 amide bonds. The highest BCUT2D eigenvalue weighted by molar-refractivity contribution is 7.89. The topological polar surface area (TPSA) is 67.9 Å². The van der Waals surface area contributed by atoms with E-state index in [-0.39, 0.29) is 35.6 Å². The van der Waals surface area contributed by atoms with Crippen LogP contribution in [0.4, 0.5) is 4.39 Å². The van der Waals surface area contributed by atoms with Crippen molar-refractivity contribution in [3.05, 3.63) is 24.0 Å². The smallest absolute Gasteiger partial charge is 0.246 e. The first-order valence-corrected chi connectivity index (χ1v) is 8.99. The summed E-state index contributed by atoms with van der Waals surface area (Å²) in [7, 11) is -0.416. The number of rotatable bonds is 8. The lowest BCUT2D eigenvalue weighted by atomic mass is 10.1. The largest absolute Gasteiger partial charge is 0.490 e. The number of benzene rings is 1. The summed E-state index contributed by atoms with van der Waals surface area (Å²) in [6.07, 6.45) is 0.787. The molecule has 138 valence electrons. The molecule has 0 saturated carbocycles. The van der Waals surface area contributed by atoms with Crippen molar-refractivity contribution in [3.8, 4) is 5.75 Å². The maximum atomic E-state index is 13.6. The van der Waals surface area contributed by atoms with Crippen molar-refractivity contribution in [2.45, 2.75) is 11.3 Å². The molecule has 1 aliphatic heterocycles. The minimum absolute atomic E-state index is 0. The molecule has 2 rings (SSSR count). The molecular weight excluding hydrogens is 359 g/mol. The second-order valence-electron chi connectivity index (χ2n) is 5.51. The van der Waals surface area contributed by atoms with Gasteiger partial charge in [0.15, 0.2) is 0 Å². The third kappa shape index (κ3) is 5.03. The number of hydrogen-bond acceptors (Lipinski definition) is 5. The lowest BCUT2D eigenvalue weighted by Gasteiger charge is -2.19. The van der Waals surface area contributed by atoms with Crippen LogP contribution in [-0.2, 0) is 14.8 Å².